The van der Waals surface area contributed by atoms with Gasteiger partial charge in [-0.25, -0.2) is 0 Å². The van der Waals surface area contributed by atoms with Crippen LogP contribution in [-0.4, -0.2) is 29.3 Å². The molecule has 1 aliphatic rings. The van der Waals surface area contributed by atoms with Gasteiger partial charge < -0.3 is 0 Å². The molecule has 0 atom stereocenters. The first kappa shape index (κ1) is 16.2. The van der Waals surface area contributed by atoms with Crippen LogP contribution in [0.5, 0.6) is 0 Å². The second-order valence-electron chi connectivity index (χ2n) is 6.99. The molecule has 1 aromatic carbocycles. The molecule has 0 spiro atoms. The van der Waals surface area contributed by atoms with Crippen LogP contribution in [0.2, 0.25) is 0 Å². The van der Waals surface area contributed by atoms with Crippen LogP contribution in [0.25, 0.3) is 0 Å². The number of benzene rings is 1. The summed E-state index contributed by atoms with van der Waals surface area (Å²) in [6.07, 6.45) is 5.60. The summed E-state index contributed by atoms with van der Waals surface area (Å²) in [5.74, 6) is 0.345. The fourth-order valence-corrected chi connectivity index (χ4v) is 3.19. The van der Waals surface area contributed by atoms with E-state index in [2.05, 4.69) is 50.8 Å². The van der Waals surface area contributed by atoms with E-state index in [0.29, 0.717) is 12.2 Å². The smallest absolute Gasteiger partial charge is 0.156 e. The summed E-state index contributed by atoms with van der Waals surface area (Å²) < 4.78 is 0. The Bertz CT molecular complexity index is 496. The third-order valence-corrected chi connectivity index (χ3v) is 4.93. The lowest BCUT2D eigenvalue weighted by Gasteiger charge is -2.36. The predicted octanol–water partition coefficient (Wildman–Crippen LogP) is 4.07. The molecule has 21 heavy (non-hydrogen) atoms. The van der Waals surface area contributed by atoms with Crippen LogP contribution in [-0.2, 0) is 11.2 Å². The minimum absolute atomic E-state index is 0.345. The number of carbonyl (C=O) groups is 1. The maximum Gasteiger partial charge on any atom is 0.156 e. The predicted molar refractivity (Wildman–Crippen MR) is 88.7 cm³/mol. The number of hydrogen-bond acceptors (Lipinski definition) is 2. The molecule has 1 heterocycles. The summed E-state index contributed by atoms with van der Waals surface area (Å²) in [5, 5.41) is 0. The van der Waals surface area contributed by atoms with Crippen LogP contribution in [0.3, 0.4) is 0 Å². The third kappa shape index (κ3) is 3.94. The van der Waals surface area contributed by atoms with Gasteiger partial charge in [-0.2, -0.15) is 0 Å². The number of nitrogens with zero attached hydrogens (tertiary/aromatic N) is 1. The van der Waals surface area contributed by atoms with E-state index < -0.39 is 0 Å². The highest BCUT2D eigenvalue weighted by atomic mass is 16.1. The van der Waals surface area contributed by atoms with Gasteiger partial charge in [0, 0.05) is 6.42 Å². The van der Waals surface area contributed by atoms with Gasteiger partial charge >= 0.3 is 0 Å². The van der Waals surface area contributed by atoms with Gasteiger partial charge in [0.1, 0.15) is 0 Å². The van der Waals surface area contributed by atoms with Crippen molar-refractivity contribution in [2.45, 2.75) is 65.3 Å². The second-order valence-corrected chi connectivity index (χ2v) is 6.99. The second kappa shape index (κ2) is 6.74. The summed E-state index contributed by atoms with van der Waals surface area (Å²) in [6.45, 7) is 10.5. The quantitative estimate of drug-likeness (QED) is 0.832. The molecule has 1 fully saturated rings. The Morgan fingerprint density at radius 1 is 1.10 bits per heavy atom. The maximum absolute atomic E-state index is 12.9. The van der Waals surface area contributed by atoms with Crippen LogP contribution in [0.1, 0.15) is 56.2 Å². The average Bonchev–Trinajstić information content (AvgIpc) is 2.72. The molecule has 116 valence electrons. The Morgan fingerprint density at radius 2 is 1.71 bits per heavy atom. The largest absolute Gasteiger partial charge is 0.297 e. The molecule has 0 unspecified atom stereocenters. The molecule has 0 bridgehead atoms. The summed E-state index contributed by atoms with van der Waals surface area (Å²) >= 11 is 0. The van der Waals surface area contributed by atoms with Crippen molar-refractivity contribution in [1.29, 1.82) is 0 Å². The molecule has 0 N–H and O–H groups in total. The van der Waals surface area contributed by atoms with E-state index >= 15 is 0 Å². The number of hydrogen-bond donors (Lipinski definition) is 0. The lowest BCUT2D eigenvalue weighted by Crippen LogP contribution is -2.51. The zero-order chi connectivity index (χ0) is 15.5. The summed E-state index contributed by atoms with van der Waals surface area (Å²) in [6, 6.07) is 6.39. The maximum atomic E-state index is 12.9. The lowest BCUT2D eigenvalue weighted by molar-refractivity contribution is -0.128. The molecule has 1 saturated heterocycles. The Balaban J connectivity index is 2.11. The third-order valence-electron chi connectivity index (χ3n) is 4.93. The molecular weight excluding hydrogens is 258 g/mol. The van der Waals surface area contributed by atoms with Crippen molar-refractivity contribution < 1.29 is 4.79 Å². The number of aryl methyl sites for hydroxylation is 2. The molecule has 2 heteroatoms. The molecule has 2 rings (SSSR count). The standard InChI is InChI=1S/C19H29NO/c1-15-9-10-16(2)17(13-15)14-18(21)19(3,4)20-11-7-5-6-8-12-20/h9-10,13H,5-8,11-12,14H2,1-4H3. The van der Waals surface area contributed by atoms with Crippen molar-refractivity contribution in [3.8, 4) is 0 Å². The fraction of sp³-hybridized carbons (Fsp3) is 0.632. The summed E-state index contributed by atoms with van der Waals surface area (Å²) in [7, 11) is 0. The van der Waals surface area contributed by atoms with Gasteiger partial charge in [0.05, 0.1) is 5.54 Å². The number of rotatable bonds is 4. The SMILES string of the molecule is Cc1ccc(C)c(CC(=O)C(C)(C)N2CCCCCC2)c1. The lowest BCUT2D eigenvalue weighted by atomic mass is 9.89. The first-order chi connectivity index (χ1) is 9.91. The van der Waals surface area contributed by atoms with E-state index in [1.807, 2.05) is 0 Å². The highest BCUT2D eigenvalue weighted by Gasteiger charge is 2.34. The van der Waals surface area contributed by atoms with E-state index in [0.717, 1.165) is 13.1 Å². The van der Waals surface area contributed by atoms with Crippen LogP contribution < -0.4 is 0 Å². The van der Waals surface area contributed by atoms with Crippen LogP contribution >= 0.6 is 0 Å². The minimum atomic E-state index is -0.347. The van der Waals surface area contributed by atoms with Gasteiger partial charge in [0.2, 0.25) is 0 Å². The van der Waals surface area contributed by atoms with Gasteiger partial charge in [-0.3, -0.25) is 9.69 Å². The molecule has 0 radical (unpaired) electrons. The fourth-order valence-electron chi connectivity index (χ4n) is 3.19. The molecule has 1 aliphatic heterocycles. The summed E-state index contributed by atoms with van der Waals surface area (Å²) in [4.78, 5) is 15.3. The van der Waals surface area contributed by atoms with E-state index in [1.165, 1.54) is 42.4 Å². The molecule has 0 amide bonds. The van der Waals surface area contributed by atoms with Crippen molar-refractivity contribution in [3.63, 3.8) is 0 Å². The highest BCUT2D eigenvalue weighted by Crippen LogP contribution is 2.23. The van der Waals surface area contributed by atoms with Crippen molar-refractivity contribution in [2.75, 3.05) is 13.1 Å². The van der Waals surface area contributed by atoms with Crippen molar-refractivity contribution in [2.24, 2.45) is 0 Å². The van der Waals surface area contributed by atoms with Gasteiger partial charge in [-0.05, 0) is 64.8 Å². The van der Waals surface area contributed by atoms with Crippen LogP contribution in [0.4, 0.5) is 0 Å². The zero-order valence-corrected chi connectivity index (χ0v) is 14.0. The van der Waals surface area contributed by atoms with Crippen molar-refractivity contribution in [1.82, 2.24) is 4.90 Å². The molecule has 2 nitrogen and oxygen atoms in total. The van der Waals surface area contributed by atoms with Crippen molar-refractivity contribution in [3.05, 3.63) is 34.9 Å². The molecule has 0 saturated carbocycles. The van der Waals surface area contributed by atoms with E-state index in [9.17, 15) is 4.79 Å². The van der Waals surface area contributed by atoms with Gasteiger partial charge in [0.25, 0.3) is 0 Å². The van der Waals surface area contributed by atoms with Crippen molar-refractivity contribution >= 4 is 5.78 Å². The Morgan fingerprint density at radius 3 is 2.33 bits per heavy atom. The first-order valence-electron chi connectivity index (χ1n) is 8.26. The Hall–Kier alpha value is -1.15. The minimum Gasteiger partial charge on any atom is -0.297 e. The van der Waals surface area contributed by atoms with Crippen LogP contribution in [0.15, 0.2) is 18.2 Å². The topological polar surface area (TPSA) is 20.3 Å². The molecule has 1 aromatic rings. The Kier molecular flexibility index (Phi) is 5.21. The van der Waals surface area contributed by atoms with Gasteiger partial charge in [0.15, 0.2) is 5.78 Å². The highest BCUT2D eigenvalue weighted by molar-refractivity contribution is 5.89. The number of ketones is 1. The normalized spacial score (nSPS) is 17.5. The van der Waals surface area contributed by atoms with E-state index in [-0.39, 0.29) is 5.54 Å². The molecule has 0 aliphatic carbocycles. The van der Waals surface area contributed by atoms with E-state index in [4.69, 9.17) is 0 Å². The monoisotopic (exact) mass is 287 g/mol. The average molecular weight is 287 g/mol. The number of likely N-dealkylation sites (tertiary alicyclic amines) is 1. The van der Waals surface area contributed by atoms with Gasteiger partial charge in [-0.15, -0.1) is 0 Å². The molecule has 0 aromatic heterocycles. The Labute approximate surface area is 129 Å². The van der Waals surface area contributed by atoms with Crippen LogP contribution in [0, 0.1) is 13.8 Å². The first-order valence-corrected chi connectivity index (χ1v) is 8.26. The number of carbonyl (C=O) groups excluding carboxylic acids is 1. The molecular formula is C19H29NO. The van der Waals surface area contributed by atoms with E-state index in [1.54, 1.807) is 0 Å². The zero-order valence-electron chi connectivity index (χ0n) is 14.0. The summed E-state index contributed by atoms with van der Waals surface area (Å²) in [5.41, 5.74) is 3.29. The number of Topliss-reactive ketones (excluding diaryl/α,β-unsaturated/α-hetero) is 1. The van der Waals surface area contributed by atoms with Gasteiger partial charge in [-0.1, -0.05) is 36.6 Å².